The molecular weight excluding hydrogens is 813 g/mol. The maximum Gasteiger partial charge on any atom is 0.143 e. The average molecular weight is 855 g/mol. The van der Waals surface area contributed by atoms with Crippen LogP contribution >= 0.6 is 0 Å². The van der Waals surface area contributed by atoms with Gasteiger partial charge in [0, 0.05) is 55.4 Å². The monoisotopic (exact) mass is 854 g/mol. The lowest BCUT2D eigenvalue weighted by Crippen LogP contribution is -2.10. The summed E-state index contributed by atoms with van der Waals surface area (Å²) in [6.07, 6.45) is 0. The minimum Gasteiger partial charge on any atom is -0.455 e. The van der Waals surface area contributed by atoms with E-state index in [0.29, 0.717) is 0 Å². The van der Waals surface area contributed by atoms with E-state index in [4.69, 9.17) is 4.42 Å². The molecule has 2 aromatic heterocycles. The molecule has 3 nitrogen and oxygen atoms in total. The minimum absolute atomic E-state index is 0.885. The smallest absolute Gasteiger partial charge is 0.143 e. The molecule has 13 aromatic rings. The van der Waals surface area contributed by atoms with Crippen LogP contribution in [-0.4, -0.2) is 4.57 Å². The molecule has 0 aliphatic heterocycles. The van der Waals surface area contributed by atoms with Crippen molar-refractivity contribution in [3.05, 3.63) is 255 Å². The van der Waals surface area contributed by atoms with Gasteiger partial charge in [-0.2, -0.15) is 0 Å². The normalized spacial score (nSPS) is 11.6. The van der Waals surface area contributed by atoms with Crippen molar-refractivity contribution in [3.63, 3.8) is 0 Å². The van der Waals surface area contributed by atoms with Crippen LogP contribution < -0.4 is 4.90 Å². The van der Waals surface area contributed by atoms with E-state index >= 15 is 0 Å². The number of nitrogens with zero attached hydrogens (tertiary/aromatic N) is 2. The van der Waals surface area contributed by atoms with Gasteiger partial charge in [-0.05, 0) is 105 Å². The third-order valence-corrected chi connectivity index (χ3v) is 13.4. The lowest BCUT2D eigenvalue weighted by atomic mass is 9.91. The molecule has 0 aliphatic rings. The topological polar surface area (TPSA) is 21.3 Å². The van der Waals surface area contributed by atoms with E-state index in [2.05, 4.69) is 264 Å². The van der Waals surface area contributed by atoms with Crippen LogP contribution in [0.25, 0.3) is 105 Å². The summed E-state index contributed by atoms with van der Waals surface area (Å²) in [5.41, 5.74) is 15.6. The zero-order chi connectivity index (χ0) is 44.3. The van der Waals surface area contributed by atoms with E-state index in [0.717, 1.165) is 78.2 Å². The average Bonchev–Trinajstić information content (AvgIpc) is 3.97. The predicted octanol–water partition coefficient (Wildman–Crippen LogP) is 18.0. The van der Waals surface area contributed by atoms with E-state index in [1.54, 1.807) is 0 Å². The zero-order valence-electron chi connectivity index (χ0n) is 36.6. The molecule has 67 heavy (non-hydrogen) atoms. The summed E-state index contributed by atoms with van der Waals surface area (Å²) in [6.45, 7) is 0. The Kier molecular flexibility index (Phi) is 9.17. The van der Waals surface area contributed by atoms with Gasteiger partial charge in [0.2, 0.25) is 0 Å². The second kappa shape index (κ2) is 16.0. The molecule has 0 radical (unpaired) electrons. The van der Waals surface area contributed by atoms with Crippen molar-refractivity contribution in [2.45, 2.75) is 0 Å². The highest BCUT2D eigenvalue weighted by Gasteiger charge is 2.24. The molecule has 0 aliphatic carbocycles. The van der Waals surface area contributed by atoms with Crippen LogP contribution in [0.15, 0.2) is 259 Å². The van der Waals surface area contributed by atoms with Gasteiger partial charge in [-0.15, -0.1) is 0 Å². The predicted molar refractivity (Wildman–Crippen MR) is 282 cm³/mol. The van der Waals surface area contributed by atoms with Crippen molar-refractivity contribution in [2.24, 2.45) is 0 Å². The van der Waals surface area contributed by atoms with Gasteiger partial charge in [0.05, 0.1) is 11.0 Å². The van der Waals surface area contributed by atoms with Crippen molar-refractivity contribution in [2.75, 3.05) is 4.90 Å². The van der Waals surface area contributed by atoms with Crippen LogP contribution in [0.4, 0.5) is 17.1 Å². The number of rotatable bonds is 8. The van der Waals surface area contributed by atoms with Crippen LogP contribution in [0.1, 0.15) is 0 Å². The summed E-state index contributed by atoms with van der Waals surface area (Å²) in [4.78, 5) is 2.40. The Morgan fingerprint density at radius 1 is 0.299 bits per heavy atom. The number of benzene rings is 11. The molecule has 0 N–H and O–H groups in total. The summed E-state index contributed by atoms with van der Waals surface area (Å²) < 4.78 is 9.40. The molecule has 0 amide bonds. The highest BCUT2D eigenvalue weighted by Crippen LogP contribution is 2.48. The van der Waals surface area contributed by atoms with Gasteiger partial charge in [-0.1, -0.05) is 194 Å². The van der Waals surface area contributed by atoms with Gasteiger partial charge in [-0.3, -0.25) is 0 Å². The van der Waals surface area contributed by atoms with Crippen molar-refractivity contribution in [1.82, 2.24) is 4.57 Å². The highest BCUT2D eigenvalue weighted by atomic mass is 16.3. The van der Waals surface area contributed by atoms with Crippen molar-refractivity contribution in [3.8, 4) is 50.4 Å². The Morgan fingerprint density at radius 2 is 0.821 bits per heavy atom. The first-order valence-corrected chi connectivity index (χ1v) is 22.9. The molecule has 0 bridgehead atoms. The van der Waals surface area contributed by atoms with Crippen molar-refractivity contribution >= 4 is 71.4 Å². The first-order chi connectivity index (χ1) is 33.2. The molecule has 314 valence electrons. The molecule has 2 heterocycles. The van der Waals surface area contributed by atoms with Gasteiger partial charge in [-0.25, -0.2) is 0 Å². The molecule has 0 fully saturated rings. The Bertz CT molecular complexity index is 3950. The van der Waals surface area contributed by atoms with Crippen LogP contribution in [0.3, 0.4) is 0 Å². The van der Waals surface area contributed by atoms with Crippen LogP contribution in [0, 0.1) is 0 Å². The summed E-state index contributed by atoms with van der Waals surface area (Å²) in [6, 6.07) is 91.7. The van der Waals surface area contributed by atoms with Crippen molar-refractivity contribution in [1.29, 1.82) is 0 Å². The van der Waals surface area contributed by atoms with Gasteiger partial charge in [0.15, 0.2) is 0 Å². The Balaban J connectivity index is 1.00. The second-order valence-electron chi connectivity index (χ2n) is 17.2. The number of fused-ring (bicyclic) bond motifs is 9. The molecular formula is C64H42N2O. The standard InChI is InChI=1S/C64H42N2O/c1-5-18-43(19-6-1)44-32-35-50(36-33-44)65(52-37-39-55-54-29-15-16-31-59(54)66(60(55)42-52)49-25-11-4-12-26-49)51-27-17-24-47(40-51)48-34-38-56-58(41-48)53-28-13-14-30-57(53)64-62(56)61(45-20-7-2-8-21-45)63(67-64)46-22-9-3-10-23-46/h1-42H. The van der Waals surface area contributed by atoms with E-state index in [1.807, 2.05) is 0 Å². The molecule has 0 saturated carbocycles. The third kappa shape index (κ3) is 6.51. The van der Waals surface area contributed by atoms with E-state index in [1.165, 1.54) is 43.6 Å². The fourth-order valence-electron chi connectivity index (χ4n) is 10.3. The Hall–Kier alpha value is -8.92. The first kappa shape index (κ1) is 38.5. The molecule has 0 unspecified atom stereocenters. The highest BCUT2D eigenvalue weighted by molar-refractivity contribution is 6.29. The van der Waals surface area contributed by atoms with Crippen molar-refractivity contribution < 1.29 is 4.42 Å². The SMILES string of the molecule is c1ccc(-c2ccc(N(c3cccc(-c4ccc5c(c4)c4ccccc4c4oc(-c6ccccc6)c(-c6ccccc6)c54)c3)c3ccc4c5ccccc5n(-c5ccccc5)c4c3)cc2)cc1. The van der Waals surface area contributed by atoms with Crippen LogP contribution in [0.5, 0.6) is 0 Å². The third-order valence-electron chi connectivity index (χ3n) is 13.4. The molecule has 11 aromatic carbocycles. The lowest BCUT2D eigenvalue weighted by molar-refractivity contribution is 0.636. The summed E-state index contributed by atoms with van der Waals surface area (Å²) in [7, 11) is 0. The number of furan rings is 1. The van der Waals surface area contributed by atoms with Gasteiger partial charge in [0.25, 0.3) is 0 Å². The molecule has 0 saturated heterocycles. The van der Waals surface area contributed by atoms with Gasteiger partial charge >= 0.3 is 0 Å². The van der Waals surface area contributed by atoms with E-state index in [-0.39, 0.29) is 0 Å². The number of anilines is 3. The van der Waals surface area contributed by atoms with Crippen LogP contribution in [0.2, 0.25) is 0 Å². The molecule has 0 atom stereocenters. The minimum atomic E-state index is 0.885. The summed E-state index contributed by atoms with van der Waals surface area (Å²) in [5, 5.41) is 8.21. The zero-order valence-corrected chi connectivity index (χ0v) is 36.6. The Labute approximate surface area is 388 Å². The number of aromatic nitrogens is 1. The largest absolute Gasteiger partial charge is 0.455 e. The van der Waals surface area contributed by atoms with Gasteiger partial charge < -0.3 is 13.9 Å². The van der Waals surface area contributed by atoms with E-state index in [9.17, 15) is 0 Å². The molecule has 13 rings (SSSR count). The number of hydrogen-bond donors (Lipinski definition) is 0. The second-order valence-corrected chi connectivity index (χ2v) is 17.2. The Morgan fingerprint density at radius 3 is 1.57 bits per heavy atom. The fraction of sp³-hybridized carbons (Fsp3) is 0. The number of hydrogen-bond acceptors (Lipinski definition) is 2. The maximum absolute atomic E-state index is 7.00. The van der Waals surface area contributed by atoms with E-state index < -0.39 is 0 Å². The first-order valence-electron chi connectivity index (χ1n) is 22.9. The maximum atomic E-state index is 7.00. The summed E-state index contributed by atoms with van der Waals surface area (Å²) >= 11 is 0. The lowest BCUT2D eigenvalue weighted by Gasteiger charge is -2.26. The summed E-state index contributed by atoms with van der Waals surface area (Å²) in [5.74, 6) is 0.885. The fourth-order valence-corrected chi connectivity index (χ4v) is 10.3. The number of para-hydroxylation sites is 2. The van der Waals surface area contributed by atoms with Gasteiger partial charge in [0.1, 0.15) is 11.3 Å². The quantitative estimate of drug-likeness (QED) is 0.142. The molecule has 0 spiro atoms. The van der Waals surface area contributed by atoms with Crippen LogP contribution in [-0.2, 0) is 0 Å². The molecule has 3 heteroatoms.